The van der Waals surface area contributed by atoms with Crippen molar-refractivity contribution in [2.24, 2.45) is 0 Å². The summed E-state index contributed by atoms with van der Waals surface area (Å²) in [7, 11) is 1.33. The molecule has 1 N–H and O–H groups in total. The first-order valence-corrected chi connectivity index (χ1v) is 9.99. The van der Waals surface area contributed by atoms with Gasteiger partial charge in [0.15, 0.2) is 6.61 Å². The molecule has 0 saturated carbocycles. The molecule has 0 saturated heterocycles. The molecule has 7 heteroatoms. The lowest BCUT2D eigenvalue weighted by Crippen LogP contribution is -2.21. The monoisotopic (exact) mass is 401 g/mol. The molecule has 1 amide bonds. The first-order chi connectivity index (χ1) is 13.0. The Balaban J connectivity index is 1.76. The van der Waals surface area contributed by atoms with E-state index in [0.29, 0.717) is 16.3 Å². The van der Waals surface area contributed by atoms with E-state index >= 15 is 0 Å². The third kappa shape index (κ3) is 4.20. The molecule has 5 nitrogen and oxygen atoms in total. The number of aryl methyl sites for hydroxylation is 1. The average Bonchev–Trinajstić information content (AvgIpc) is 3.32. The molecule has 2 aromatic heterocycles. The predicted molar refractivity (Wildman–Crippen MR) is 109 cm³/mol. The molecule has 0 spiro atoms. The van der Waals surface area contributed by atoms with Crippen LogP contribution in [0.25, 0.3) is 10.4 Å². The normalized spacial score (nSPS) is 10.5. The lowest BCUT2D eigenvalue weighted by molar-refractivity contribution is -0.118. The van der Waals surface area contributed by atoms with Gasteiger partial charge in [-0.2, -0.15) is 0 Å². The van der Waals surface area contributed by atoms with Gasteiger partial charge >= 0.3 is 5.97 Å². The predicted octanol–water partition coefficient (Wildman–Crippen LogP) is 4.90. The Labute approximate surface area is 165 Å². The van der Waals surface area contributed by atoms with Gasteiger partial charge in [0.1, 0.15) is 16.3 Å². The minimum absolute atomic E-state index is 0.142. The summed E-state index contributed by atoms with van der Waals surface area (Å²) in [6.07, 6.45) is 0. The quantitative estimate of drug-likeness (QED) is 0.597. The van der Waals surface area contributed by atoms with Crippen LogP contribution in [0.3, 0.4) is 0 Å². The summed E-state index contributed by atoms with van der Waals surface area (Å²) < 4.78 is 10.5. The molecule has 0 fully saturated rings. The van der Waals surface area contributed by atoms with Crippen molar-refractivity contribution in [3.8, 4) is 16.2 Å². The maximum absolute atomic E-state index is 12.4. The average molecular weight is 402 g/mol. The molecule has 3 aromatic rings. The molecule has 0 atom stereocenters. The lowest BCUT2D eigenvalue weighted by atomic mass is 10.1. The summed E-state index contributed by atoms with van der Waals surface area (Å²) in [6, 6.07) is 9.54. The van der Waals surface area contributed by atoms with Crippen LogP contribution in [0.1, 0.15) is 21.5 Å². The Morgan fingerprint density at radius 2 is 1.93 bits per heavy atom. The molecule has 27 heavy (non-hydrogen) atoms. The Morgan fingerprint density at radius 3 is 2.63 bits per heavy atom. The number of thiophene rings is 2. The molecule has 140 valence electrons. The summed E-state index contributed by atoms with van der Waals surface area (Å²) in [5.41, 5.74) is 3.22. The van der Waals surface area contributed by atoms with Crippen molar-refractivity contribution in [1.29, 1.82) is 0 Å². The van der Waals surface area contributed by atoms with E-state index in [1.165, 1.54) is 29.8 Å². The van der Waals surface area contributed by atoms with E-state index in [9.17, 15) is 9.59 Å². The lowest BCUT2D eigenvalue weighted by Gasteiger charge is -2.11. The molecule has 0 unspecified atom stereocenters. The minimum atomic E-state index is -0.481. The number of hydrogen-bond acceptors (Lipinski definition) is 6. The van der Waals surface area contributed by atoms with Crippen molar-refractivity contribution >= 4 is 39.6 Å². The van der Waals surface area contributed by atoms with Crippen LogP contribution in [0.5, 0.6) is 5.75 Å². The highest BCUT2D eigenvalue weighted by Crippen LogP contribution is 2.38. The number of anilines is 1. The Kier molecular flexibility index (Phi) is 5.93. The van der Waals surface area contributed by atoms with Crippen LogP contribution in [0, 0.1) is 13.8 Å². The van der Waals surface area contributed by atoms with Crippen LogP contribution in [0.2, 0.25) is 0 Å². The highest BCUT2D eigenvalue weighted by molar-refractivity contribution is 7.17. The number of ether oxygens (including phenoxy) is 2. The van der Waals surface area contributed by atoms with Crippen molar-refractivity contribution in [3.63, 3.8) is 0 Å². The zero-order valence-corrected chi connectivity index (χ0v) is 16.8. The zero-order chi connectivity index (χ0) is 19.4. The van der Waals surface area contributed by atoms with Gasteiger partial charge in [-0.3, -0.25) is 4.79 Å². The van der Waals surface area contributed by atoms with Gasteiger partial charge in [0, 0.05) is 15.8 Å². The summed E-state index contributed by atoms with van der Waals surface area (Å²) in [5.74, 6) is -0.144. The highest BCUT2D eigenvalue weighted by Gasteiger charge is 2.23. The molecular weight excluding hydrogens is 382 g/mol. The number of amides is 1. The second-order valence-electron chi connectivity index (χ2n) is 5.86. The zero-order valence-electron chi connectivity index (χ0n) is 15.2. The van der Waals surface area contributed by atoms with E-state index in [1.54, 1.807) is 0 Å². The van der Waals surface area contributed by atoms with Crippen LogP contribution in [-0.4, -0.2) is 25.6 Å². The largest absolute Gasteiger partial charge is 0.483 e. The molecule has 0 aliphatic rings. The SMILES string of the molecule is COC(=O)c1c(-c2cccs2)csc1NC(=O)COc1cccc(C)c1C. The molecule has 0 aliphatic heterocycles. The van der Waals surface area contributed by atoms with E-state index in [2.05, 4.69) is 5.32 Å². The second kappa shape index (κ2) is 8.37. The van der Waals surface area contributed by atoms with Gasteiger partial charge < -0.3 is 14.8 Å². The van der Waals surface area contributed by atoms with Crippen LogP contribution in [-0.2, 0) is 9.53 Å². The summed E-state index contributed by atoms with van der Waals surface area (Å²) >= 11 is 2.81. The van der Waals surface area contributed by atoms with Crippen LogP contribution in [0.15, 0.2) is 41.1 Å². The van der Waals surface area contributed by atoms with E-state index < -0.39 is 5.97 Å². The van der Waals surface area contributed by atoms with Crippen LogP contribution >= 0.6 is 22.7 Å². The molecular formula is C20H19NO4S2. The Bertz CT molecular complexity index is 961. The maximum Gasteiger partial charge on any atom is 0.341 e. The van der Waals surface area contributed by atoms with E-state index in [4.69, 9.17) is 9.47 Å². The van der Waals surface area contributed by atoms with Gasteiger partial charge in [-0.15, -0.1) is 22.7 Å². The number of methoxy groups -OCH3 is 1. The number of esters is 1. The number of carbonyl (C=O) groups excluding carboxylic acids is 2. The summed E-state index contributed by atoms with van der Waals surface area (Å²) in [4.78, 5) is 25.6. The fourth-order valence-electron chi connectivity index (χ4n) is 2.55. The van der Waals surface area contributed by atoms with Crippen LogP contribution < -0.4 is 10.1 Å². The maximum atomic E-state index is 12.4. The Morgan fingerprint density at radius 1 is 1.11 bits per heavy atom. The third-order valence-corrected chi connectivity index (χ3v) is 5.93. The van der Waals surface area contributed by atoms with Gasteiger partial charge in [0.25, 0.3) is 5.91 Å². The topological polar surface area (TPSA) is 64.6 Å². The minimum Gasteiger partial charge on any atom is -0.483 e. The number of hydrogen-bond donors (Lipinski definition) is 1. The van der Waals surface area contributed by atoms with Gasteiger partial charge in [0.05, 0.1) is 7.11 Å². The number of nitrogens with one attached hydrogen (secondary N) is 1. The van der Waals surface area contributed by atoms with Crippen molar-refractivity contribution in [1.82, 2.24) is 0 Å². The molecule has 2 heterocycles. The van der Waals surface area contributed by atoms with Gasteiger partial charge in [-0.1, -0.05) is 18.2 Å². The van der Waals surface area contributed by atoms with E-state index in [0.717, 1.165) is 21.6 Å². The highest BCUT2D eigenvalue weighted by atomic mass is 32.1. The van der Waals surface area contributed by atoms with Crippen molar-refractivity contribution in [2.45, 2.75) is 13.8 Å². The first-order valence-electron chi connectivity index (χ1n) is 8.23. The fourth-order valence-corrected chi connectivity index (χ4v) is 4.34. The second-order valence-corrected chi connectivity index (χ2v) is 7.68. The van der Waals surface area contributed by atoms with Crippen molar-refractivity contribution in [3.05, 3.63) is 57.8 Å². The van der Waals surface area contributed by atoms with Gasteiger partial charge in [0.2, 0.25) is 0 Å². The Hall–Kier alpha value is -2.64. The smallest absolute Gasteiger partial charge is 0.341 e. The van der Waals surface area contributed by atoms with Crippen molar-refractivity contribution in [2.75, 3.05) is 19.0 Å². The standard InChI is InChI=1S/C20H19NO4S2/c1-12-6-4-7-15(13(12)2)25-10-17(22)21-19-18(20(23)24-3)14(11-27-19)16-8-5-9-26-16/h4-9,11H,10H2,1-3H3,(H,21,22). The summed E-state index contributed by atoms with van der Waals surface area (Å²) in [5, 5.41) is 7.01. The molecule has 1 aromatic carbocycles. The van der Waals surface area contributed by atoms with Crippen molar-refractivity contribution < 1.29 is 19.1 Å². The molecule has 0 aliphatic carbocycles. The number of benzene rings is 1. The van der Waals surface area contributed by atoms with Crippen LogP contribution in [0.4, 0.5) is 5.00 Å². The fraction of sp³-hybridized carbons (Fsp3) is 0.200. The number of rotatable bonds is 6. The van der Waals surface area contributed by atoms with Gasteiger partial charge in [-0.05, 0) is 42.5 Å². The van der Waals surface area contributed by atoms with Gasteiger partial charge in [-0.25, -0.2) is 4.79 Å². The third-order valence-electron chi connectivity index (χ3n) is 4.13. The molecule has 0 radical (unpaired) electrons. The first kappa shape index (κ1) is 19.1. The number of carbonyl (C=O) groups is 2. The summed E-state index contributed by atoms with van der Waals surface area (Å²) in [6.45, 7) is 3.80. The molecule has 0 bridgehead atoms. The van der Waals surface area contributed by atoms with E-state index in [1.807, 2.05) is 54.9 Å². The van der Waals surface area contributed by atoms with E-state index in [-0.39, 0.29) is 12.5 Å². The molecule has 3 rings (SSSR count).